The van der Waals surface area contributed by atoms with Gasteiger partial charge in [-0.2, -0.15) is 0 Å². The maximum atomic E-state index is 12.1. The first-order chi connectivity index (χ1) is 7.22. The highest BCUT2D eigenvalue weighted by molar-refractivity contribution is 5.89. The molecule has 2 amide bonds. The first-order valence-electron chi connectivity index (χ1n) is 5.79. The van der Waals surface area contributed by atoms with Crippen LogP contribution < -0.4 is 5.32 Å². The molecule has 1 heterocycles. The van der Waals surface area contributed by atoms with E-state index in [9.17, 15) is 9.59 Å². The summed E-state index contributed by atoms with van der Waals surface area (Å²) in [6.07, 6.45) is 3.65. The molecule has 0 radical (unpaired) electrons. The van der Waals surface area contributed by atoms with Crippen LogP contribution in [0.5, 0.6) is 0 Å². The Labute approximate surface area is 90.0 Å². The molecule has 0 aromatic rings. The van der Waals surface area contributed by atoms with Gasteiger partial charge in [0.05, 0.1) is 5.92 Å². The summed E-state index contributed by atoms with van der Waals surface area (Å²) in [5.74, 6) is 0.0861. The van der Waals surface area contributed by atoms with Gasteiger partial charge in [-0.1, -0.05) is 6.92 Å². The van der Waals surface area contributed by atoms with E-state index in [1.165, 1.54) is 0 Å². The van der Waals surface area contributed by atoms with E-state index in [-0.39, 0.29) is 17.7 Å². The molecule has 15 heavy (non-hydrogen) atoms. The molecule has 1 N–H and O–H groups in total. The normalized spacial score (nSPS) is 25.1. The van der Waals surface area contributed by atoms with Gasteiger partial charge in [0, 0.05) is 25.6 Å². The lowest BCUT2D eigenvalue weighted by molar-refractivity contribution is -0.136. The van der Waals surface area contributed by atoms with Crippen molar-refractivity contribution in [2.45, 2.75) is 38.6 Å². The zero-order valence-corrected chi connectivity index (χ0v) is 9.16. The number of carbonyl (C=O) groups is 2. The van der Waals surface area contributed by atoms with Crippen molar-refractivity contribution in [2.24, 2.45) is 5.92 Å². The Kier molecular flexibility index (Phi) is 2.93. The molecule has 84 valence electrons. The second-order valence-corrected chi connectivity index (χ2v) is 4.47. The van der Waals surface area contributed by atoms with Crippen LogP contribution in [0.1, 0.15) is 32.6 Å². The third-order valence-electron chi connectivity index (χ3n) is 3.06. The first kappa shape index (κ1) is 10.5. The second kappa shape index (κ2) is 4.21. The van der Waals surface area contributed by atoms with Gasteiger partial charge >= 0.3 is 0 Å². The number of hydrogen-bond donors (Lipinski definition) is 1. The van der Waals surface area contributed by atoms with Crippen molar-refractivity contribution in [3.8, 4) is 0 Å². The van der Waals surface area contributed by atoms with Crippen molar-refractivity contribution in [2.75, 3.05) is 13.1 Å². The number of nitrogens with one attached hydrogen (secondary N) is 1. The minimum atomic E-state index is -0.107. The van der Waals surface area contributed by atoms with Crippen molar-refractivity contribution in [3.63, 3.8) is 0 Å². The molecule has 4 nitrogen and oxygen atoms in total. The van der Waals surface area contributed by atoms with Crippen LogP contribution in [0.2, 0.25) is 0 Å². The quantitative estimate of drug-likeness (QED) is 0.735. The van der Waals surface area contributed by atoms with Gasteiger partial charge in [0.25, 0.3) is 0 Å². The van der Waals surface area contributed by atoms with E-state index in [0.29, 0.717) is 19.0 Å². The summed E-state index contributed by atoms with van der Waals surface area (Å²) in [7, 11) is 0. The lowest BCUT2D eigenvalue weighted by Gasteiger charge is -2.24. The van der Waals surface area contributed by atoms with Gasteiger partial charge in [-0.3, -0.25) is 9.59 Å². The van der Waals surface area contributed by atoms with E-state index >= 15 is 0 Å². The molecular formula is C11H18N2O2. The Morgan fingerprint density at radius 3 is 2.73 bits per heavy atom. The van der Waals surface area contributed by atoms with Gasteiger partial charge in [0.1, 0.15) is 0 Å². The van der Waals surface area contributed by atoms with Gasteiger partial charge in [0.15, 0.2) is 0 Å². The fourth-order valence-corrected chi connectivity index (χ4v) is 2.11. The van der Waals surface area contributed by atoms with E-state index in [0.717, 1.165) is 25.8 Å². The SMILES string of the molecule is CCCN(C(=O)C1CNC(=O)C1)C1CC1. The van der Waals surface area contributed by atoms with Crippen LogP contribution in [-0.4, -0.2) is 35.8 Å². The summed E-state index contributed by atoms with van der Waals surface area (Å²) >= 11 is 0. The molecule has 1 saturated heterocycles. The van der Waals surface area contributed by atoms with Crippen molar-refractivity contribution < 1.29 is 9.59 Å². The van der Waals surface area contributed by atoms with Crippen molar-refractivity contribution >= 4 is 11.8 Å². The monoisotopic (exact) mass is 210 g/mol. The number of hydrogen-bond acceptors (Lipinski definition) is 2. The molecule has 4 heteroatoms. The molecule has 2 aliphatic rings. The molecule has 1 unspecified atom stereocenters. The van der Waals surface area contributed by atoms with Crippen molar-refractivity contribution in [3.05, 3.63) is 0 Å². The van der Waals surface area contributed by atoms with Gasteiger partial charge in [-0.15, -0.1) is 0 Å². The lowest BCUT2D eigenvalue weighted by atomic mass is 10.1. The molecule has 1 aliphatic heterocycles. The molecule has 0 spiro atoms. The maximum absolute atomic E-state index is 12.1. The summed E-state index contributed by atoms with van der Waals surface area (Å²) in [4.78, 5) is 25.1. The highest BCUT2D eigenvalue weighted by atomic mass is 16.2. The summed E-state index contributed by atoms with van der Waals surface area (Å²) < 4.78 is 0. The van der Waals surface area contributed by atoms with Crippen LogP contribution in [-0.2, 0) is 9.59 Å². The second-order valence-electron chi connectivity index (χ2n) is 4.47. The van der Waals surface area contributed by atoms with E-state index in [1.807, 2.05) is 4.90 Å². The predicted molar refractivity (Wildman–Crippen MR) is 56.1 cm³/mol. The fourth-order valence-electron chi connectivity index (χ4n) is 2.11. The van der Waals surface area contributed by atoms with Crippen LogP contribution >= 0.6 is 0 Å². The third kappa shape index (κ3) is 2.30. The number of nitrogens with zero attached hydrogens (tertiary/aromatic N) is 1. The lowest BCUT2D eigenvalue weighted by Crippen LogP contribution is -2.39. The van der Waals surface area contributed by atoms with Crippen LogP contribution in [0.3, 0.4) is 0 Å². The molecule has 2 fully saturated rings. The van der Waals surface area contributed by atoms with Crippen LogP contribution in [0.25, 0.3) is 0 Å². The molecule has 0 bridgehead atoms. The van der Waals surface area contributed by atoms with Crippen molar-refractivity contribution in [1.29, 1.82) is 0 Å². The minimum Gasteiger partial charge on any atom is -0.355 e. The number of rotatable bonds is 4. The van der Waals surface area contributed by atoms with Crippen LogP contribution in [0.4, 0.5) is 0 Å². The molecule has 2 rings (SSSR count). The van der Waals surface area contributed by atoms with Crippen molar-refractivity contribution in [1.82, 2.24) is 10.2 Å². The molecule has 1 saturated carbocycles. The molecule has 1 aliphatic carbocycles. The Hall–Kier alpha value is -1.06. The Morgan fingerprint density at radius 1 is 1.53 bits per heavy atom. The highest BCUT2D eigenvalue weighted by Crippen LogP contribution is 2.29. The zero-order chi connectivity index (χ0) is 10.8. The Morgan fingerprint density at radius 2 is 2.27 bits per heavy atom. The van der Waals surface area contributed by atoms with E-state index in [2.05, 4.69) is 12.2 Å². The molecular weight excluding hydrogens is 192 g/mol. The van der Waals surface area contributed by atoms with E-state index in [4.69, 9.17) is 0 Å². The molecule has 1 atom stereocenters. The standard InChI is InChI=1S/C11H18N2O2/c1-2-5-13(9-3-4-9)11(15)8-6-10(14)12-7-8/h8-9H,2-7H2,1H3,(H,12,14). The average Bonchev–Trinajstić information content (AvgIpc) is 2.96. The van der Waals surface area contributed by atoms with Gasteiger partial charge in [-0.25, -0.2) is 0 Å². The number of carbonyl (C=O) groups excluding carboxylic acids is 2. The Balaban J connectivity index is 1.94. The fraction of sp³-hybridized carbons (Fsp3) is 0.818. The predicted octanol–water partition coefficient (Wildman–Crippen LogP) is 0.523. The maximum Gasteiger partial charge on any atom is 0.228 e. The summed E-state index contributed by atoms with van der Waals surface area (Å²) in [6, 6.07) is 0.466. The highest BCUT2D eigenvalue weighted by Gasteiger charge is 2.37. The summed E-state index contributed by atoms with van der Waals surface area (Å²) in [5.41, 5.74) is 0. The molecule has 0 aromatic carbocycles. The third-order valence-corrected chi connectivity index (χ3v) is 3.06. The largest absolute Gasteiger partial charge is 0.355 e. The minimum absolute atomic E-state index is 0.0144. The van der Waals surface area contributed by atoms with E-state index in [1.54, 1.807) is 0 Å². The summed E-state index contributed by atoms with van der Waals surface area (Å²) in [5, 5.41) is 2.72. The smallest absolute Gasteiger partial charge is 0.228 e. The van der Waals surface area contributed by atoms with Crippen LogP contribution in [0, 0.1) is 5.92 Å². The van der Waals surface area contributed by atoms with Gasteiger partial charge < -0.3 is 10.2 Å². The summed E-state index contributed by atoms with van der Waals surface area (Å²) in [6.45, 7) is 3.46. The van der Waals surface area contributed by atoms with E-state index < -0.39 is 0 Å². The zero-order valence-electron chi connectivity index (χ0n) is 9.16. The van der Waals surface area contributed by atoms with Gasteiger partial charge in [0.2, 0.25) is 11.8 Å². The van der Waals surface area contributed by atoms with Crippen LogP contribution in [0.15, 0.2) is 0 Å². The Bertz CT molecular complexity index is 274. The van der Waals surface area contributed by atoms with Gasteiger partial charge in [-0.05, 0) is 19.3 Å². The first-order valence-corrected chi connectivity index (χ1v) is 5.79. The average molecular weight is 210 g/mol. The molecule has 0 aromatic heterocycles. The number of amides is 2. The topological polar surface area (TPSA) is 49.4 Å².